The van der Waals surface area contributed by atoms with Crippen molar-refractivity contribution in [2.75, 3.05) is 12.4 Å². The first-order valence-electron chi connectivity index (χ1n) is 11.1. The van der Waals surface area contributed by atoms with Crippen LogP contribution in [0, 0.1) is 0 Å². The van der Waals surface area contributed by atoms with E-state index in [4.69, 9.17) is 4.52 Å². The molecule has 1 heterocycles. The molecule has 9 heteroatoms. The SMILES string of the molecule is CNC(=O)Cc1ccccc1NC(=O)CCc1nc(C2(NC(C)=O)CCCCCC2)no1. The van der Waals surface area contributed by atoms with Crippen LogP contribution in [0.2, 0.25) is 0 Å². The first-order chi connectivity index (χ1) is 15.4. The first kappa shape index (κ1) is 23.4. The summed E-state index contributed by atoms with van der Waals surface area (Å²) >= 11 is 0. The minimum absolute atomic E-state index is 0.118. The fourth-order valence-electron chi connectivity index (χ4n) is 4.12. The van der Waals surface area contributed by atoms with Crippen LogP contribution < -0.4 is 16.0 Å². The van der Waals surface area contributed by atoms with E-state index in [1.54, 1.807) is 13.1 Å². The van der Waals surface area contributed by atoms with Crippen molar-refractivity contribution in [2.45, 2.75) is 70.3 Å². The molecule has 3 amide bonds. The molecule has 0 atom stereocenters. The van der Waals surface area contributed by atoms with Gasteiger partial charge in [-0.25, -0.2) is 0 Å². The van der Waals surface area contributed by atoms with E-state index in [-0.39, 0.29) is 37.0 Å². The van der Waals surface area contributed by atoms with E-state index in [9.17, 15) is 14.4 Å². The molecule has 1 aliphatic carbocycles. The summed E-state index contributed by atoms with van der Waals surface area (Å²) in [4.78, 5) is 40.6. The molecule has 1 aliphatic rings. The van der Waals surface area contributed by atoms with Crippen molar-refractivity contribution < 1.29 is 18.9 Å². The van der Waals surface area contributed by atoms with Crippen molar-refractivity contribution in [1.29, 1.82) is 0 Å². The highest BCUT2D eigenvalue weighted by atomic mass is 16.5. The Hall–Kier alpha value is -3.23. The third-order valence-corrected chi connectivity index (χ3v) is 5.76. The van der Waals surface area contributed by atoms with Gasteiger partial charge in [0.1, 0.15) is 5.54 Å². The molecule has 1 aromatic heterocycles. The standard InChI is InChI=1S/C23H31N5O4/c1-16(29)27-23(13-7-3-4-8-14-23)22-26-21(32-28-22)12-11-19(30)25-18-10-6-5-9-17(18)15-20(31)24-2/h5-6,9-10H,3-4,7-8,11-15H2,1-2H3,(H,24,31)(H,25,30)(H,27,29). The Morgan fingerprint density at radius 2 is 1.78 bits per heavy atom. The van der Waals surface area contributed by atoms with Crippen LogP contribution in [-0.2, 0) is 32.8 Å². The molecule has 3 rings (SSSR count). The fraction of sp³-hybridized carbons (Fsp3) is 0.522. The molecule has 0 radical (unpaired) electrons. The van der Waals surface area contributed by atoms with Crippen LogP contribution >= 0.6 is 0 Å². The number of rotatable bonds is 8. The van der Waals surface area contributed by atoms with E-state index >= 15 is 0 Å². The van der Waals surface area contributed by atoms with Crippen LogP contribution in [0.25, 0.3) is 0 Å². The summed E-state index contributed by atoms with van der Waals surface area (Å²) in [5.41, 5.74) is 0.742. The van der Waals surface area contributed by atoms with Gasteiger partial charge in [-0.05, 0) is 24.5 Å². The van der Waals surface area contributed by atoms with Gasteiger partial charge in [0.05, 0.1) is 6.42 Å². The zero-order chi connectivity index (χ0) is 23.0. The number of likely N-dealkylation sites (N-methyl/N-ethyl adjacent to an activating group) is 1. The lowest BCUT2D eigenvalue weighted by molar-refractivity contribution is -0.121. The largest absolute Gasteiger partial charge is 0.359 e. The van der Waals surface area contributed by atoms with Crippen molar-refractivity contribution >= 4 is 23.4 Å². The number of hydrogen-bond acceptors (Lipinski definition) is 6. The fourth-order valence-corrected chi connectivity index (χ4v) is 4.12. The molecule has 9 nitrogen and oxygen atoms in total. The van der Waals surface area contributed by atoms with Gasteiger partial charge in [-0.3, -0.25) is 14.4 Å². The summed E-state index contributed by atoms with van der Waals surface area (Å²) < 4.78 is 5.41. The van der Waals surface area contributed by atoms with E-state index < -0.39 is 5.54 Å². The maximum atomic E-state index is 12.5. The van der Waals surface area contributed by atoms with Crippen LogP contribution in [0.15, 0.2) is 28.8 Å². The molecule has 1 fully saturated rings. The quantitative estimate of drug-likeness (QED) is 0.541. The minimum Gasteiger partial charge on any atom is -0.359 e. The number of aryl methyl sites for hydroxylation is 1. The Morgan fingerprint density at radius 1 is 1.06 bits per heavy atom. The van der Waals surface area contributed by atoms with Crippen molar-refractivity contribution in [1.82, 2.24) is 20.8 Å². The second-order valence-corrected chi connectivity index (χ2v) is 8.24. The lowest BCUT2D eigenvalue weighted by atomic mass is 9.89. The van der Waals surface area contributed by atoms with Crippen molar-refractivity contribution in [2.24, 2.45) is 0 Å². The van der Waals surface area contributed by atoms with Gasteiger partial charge >= 0.3 is 0 Å². The second-order valence-electron chi connectivity index (χ2n) is 8.24. The van der Waals surface area contributed by atoms with Crippen molar-refractivity contribution in [3.63, 3.8) is 0 Å². The average Bonchev–Trinajstić information content (AvgIpc) is 3.13. The number of carbonyl (C=O) groups excluding carboxylic acids is 3. The Bertz CT molecular complexity index is 947. The topological polar surface area (TPSA) is 126 Å². The molecule has 172 valence electrons. The van der Waals surface area contributed by atoms with E-state index in [0.717, 1.165) is 44.1 Å². The molecule has 1 saturated carbocycles. The second kappa shape index (κ2) is 10.9. The van der Waals surface area contributed by atoms with E-state index in [1.807, 2.05) is 18.2 Å². The predicted octanol–water partition coefficient (Wildman–Crippen LogP) is 2.61. The van der Waals surface area contributed by atoms with Gasteiger partial charge in [-0.15, -0.1) is 0 Å². The molecule has 3 N–H and O–H groups in total. The number of amides is 3. The van der Waals surface area contributed by atoms with Crippen LogP contribution in [0.3, 0.4) is 0 Å². The summed E-state index contributed by atoms with van der Waals surface area (Å²) in [7, 11) is 1.58. The van der Waals surface area contributed by atoms with Crippen molar-refractivity contribution in [3.05, 3.63) is 41.5 Å². The monoisotopic (exact) mass is 441 g/mol. The van der Waals surface area contributed by atoms with Crippen LogP contribution in [0.5, 0.6) is 0 Å². The zero-order valence-electron chi connectivity index (χ0n) is 18.7. The Labute approximate surface area is 187 Å². The number of hydrogen-bond donors (Lipinski definition) is 3. The summed E-state index contributed by atoms with van der Waals surface area (Å²) in [6, 6.07) is 7.21. The lowest BCUT2D eigenvalue weighted by Gasteiger charge is -2.30. The highest BCUT2D eigenvalue weighted by molar-refractivity contribution is 5.92. The van der Waals surface area contributed by atoms with Gasteiger partial charge < -0.3 is 20.5 Å². The minimum atomic E-state index is -0.606. The zero-order valence-corrected chi connectivity index (χ0v) is 18.7. The van der Waals surface area contributed by atoms with Gasteiger partial charge in [-0.1, -0.05) is 49.0 Å². The molecular weight excluding hydrogens is 410 g/mol. The smallest absolute Gasteiger partial charge is 0.227 e. The number of nitrogens with one attached hydrogen (secondary N) is 3. The lowest BCUT2D eigenvalue weighted by Crippen LogP contribution is -2.45. The number of carbonyl (C=O) groups is 3. The number of anilines is 1. The molecule has 0 bridgehead atoms. The number of para-hydroxylation sites is 1. The normalized spacial score (nSPS) is 15.4. The third kappa shape index (κ3) is 6.15. The summed E-state index contributed by atoms with van der Waals surface area (Å²) in [5, 5.41) is 12.6. The van der Waals surface area contributed by atoms with Gasteiger partial charge in [0.15, 0.2) is 5.82 Å². The van der Waals surface area contributed by atoms with Gasteiger partial charge in [0.25, 0.3) is 0 Å². The van der Waals surface area contributed by atoms with Crippen LogP contribution in [0.1, 0.15) is 69.1 Å². The van der Waals surface area contributed by atoms with Gasteiger partial charge in [-0.2, -0.15) is 4.98 Å². The summed E-state index contributed by atoms with van der Waals surface area (Å²) in [6.45, 7) is 1.50. The van der Waals surface area contributed by atoms with Gasteiger partial charge in [0, 0.05) is 32.5 Å². The maximum Gasteiger partial charge on any atom is 0.227 e. The maximum absolute atomic E-state index is 12.5. The Kier molecular flexibility index (Phi) is 7.97. The van der Waals surface area contributed by atoms with E-state index in [1.165, 1.54) is 6.92 Å². The molecular formula is C23H31N5O4. The molecule has 0 aliphatic heterocycles. The first-order valence-corrected chi connectivity index (χ1v) is 11.1. The summed E-state index contributed by atoms with van der Waals surface area (Å²) in [6.07, 6.45) is 6.38. The molecule has 2 aromatic rings. The van der Waals surface area contributed by atoms with E-state index in [0.29, 0.717) is 17.4 Å². The predicted molar refractivity (Wildman–Crippen MR) is 119 cm³/mol. The Morgan fingerprint density at radius 3 is 2.47 bits per heavy atom. The Balaban J connectivity index is 1.63. The third-order valence-electron chi connectivity index (χ3n) is 5.76. The van der Waals surface area contributed by atoms with Crippen molar-refractivity contribution in [3.8, 4) is 0 Å². The molecule has 1 aromatic carbocycles. The van der Waals surface area contributed by atoms with Gasteiger partial charge in [0.2, 0.25) is 23.6 Å². The molecule has 32 heavy (non-hydrogen) atoms. The molecule has 0 unspecified atom stereocenters. The molecule has 0 spiro atoms. The highest BCUT2D eigenvalue weighted by Crippen LogP contribution is 2.34. The number of aromatic nitrogens is 2. The highest BCUT2D eigenvalue weighted by Gasteiger charge is 2.38. The van der Waals surface area contributed by atoms with E-state index in [2.05, 4.69) is 26.1 Å². The number of benzene rings is 1. The van der Waals surface area contributed by atoms with Crippen LogP contribution in [-0.4, -0.2) is 34.9 Å². The number of nitrogens with zero attached hydrogens (tertiary/aromatic N) is 2. The average molecular weight is 442 g/mol. The summed E-state index contributed by atoms with van der Waals surface area (Å²) in [5.74, 6) is 0.397. The molecule has 0 saturated heterocycles. The van der Waals surface area contributed by atoms with Crippen LogP contribution in [0.4, 0.5) is 5.69 Å².